The predicted octanol–water partition coefficient (Wildman–Crippen LogP) is 4.98. The van der Waals surface area contributed by atoms with Crippen molar-refractivity contribution in [2.24, 2.45) is 0 Å². The zero-order valence-electron chi connectivity index (χ0n) is 14.8. The van der Waals surface area contributed by atoms with Crippen molar-refractivity contribution >= 4 is 11.6 Å². The third kappa shape index (κ3) is 4.38. The minimum Gasteiger partial charge on any atom is -0.346 e. The minimum absolute atomic E-state index is 0.00878. The number of benzene rings is 2. The number of nitrogens with one attached hydrogen (secondary N) is 1. The lowest BCUT2D eigenvalue weighted by Crippen LogP contribution is -2.19. The van der Waals surface area contributed by atoms with Gasteiger partial charge in [-0.25, -0.2) is 0 Å². The molecule has 1 atom stereocenters. The average Bonchev–Trinajstić information content (AvgIpc) is 3.15. The molecule has 1 aromatic heterocycles. The van der Waals surface area contributed by atoms with Crippen molar-refractivity contribution in [1.29, 1.82) is 0 Å². The van der Waals surface area contributed by atoms with E-state index in [1.807, 2.05) is 36.7 Å². The molecule has 0 unspecified atom stereocenters. The van der Waals surface area contributed by atoms with Crippen molar-refractivity contribution in [2.45, 2.75) is 32.7 Å². The van der Waals surface area contributed by atoms with Gasteiger partial charge in [0, 0.05) is 18.1 Å². The third-order valence-electron chi connectivity index (χ3n) is 4.47. The van der Waals surface area contributed by atoms with E-state index in [-0.39, 0.29) is 11.9 Å². The number of carbonyl (C=O) groups excluding carboxylic acids is 1. The van der Waals surface area contributed by atoms with Crippen molar-refractivity contribution in [3.8, 4) is 0 Å². The standard InChI is InChI=1S/C22H24N2O/c1-3-18-8-12-20(13-9-18)23-22(25)16-21(24-14-4-5-15-24)19-10-6-17(2)7-11-19/h4-15,21H,3,16H2,1-2H3,(H,23,25)/t21-/m1/s1. The first-order valence-electron chi connectivity index (χ1n) is 8.73. The van der Waals surface area contributed by atoms with Crippen molar-refractivity contribution in [3.05, 3.63) is 89.7 Å². The van der Waals surface area contributed by atoms with E-state index in [4.69, 9.17) is 0 Å². The monoisotopic (exact) mass is 332 g/mol. The van der Waals surface area contributed by atoms with Gasteiger partial charge in [0.15, 0.2) is 0 Å². The molecule has 0 bridgehead atoms. The lowest BCUT2D eigenvalue weighted by molar-refractivity contribution is -0.116. The number of hydrogen-bond donors (Lipinski definition) is 1. The van der Waals surface area contributed by atoms with Gasteiger partial charge >= 0.3 is 0 Å². The third-order valence-corrected chi connectivity index (χ3v) is 4.47. The Bertz CT molecular complexity index is 802. The van der Waals surface area contributed by atoms with Crippen LogP contribution in [-0.4, -0.2) is 10.5 Å². The number of anilines is 1. The number of amides is 1. The van der Waals surface area contributed by atoms with Crippen LogP contribution in [-0.2, 0) is 11.2 Å². The Morgan fingerprint density at radius 1 is 1.00 bits per heavy atom. The minimum atomic E-state index is -0.00878. The number of aryl methyl sites for hydroxylation is 2. The fourth-order valence-corrected chi connectivity index (χ4v) is 2.95. The molecule has 3 nitrogen and oxygen atoms in total. The maximum Gasteiger partial charge on any atom is 0.226 e. The summed E-state index contributed by atoms with van der Waals surface area (Å²) < 4.78 is 2.09. The SMILES string of the molecule is CCc1ccc(NC(=O)C[C@H](c2ccc(C)cc2)n2cccc2)cc1. The van der Waals surface area contributed by atoms with E-state index in [9.17, 15) is 4.79 Å². The van der Waals surface area contributed by atoms with Crippen molar-refractivity contribution < 1.29 is 4.79 Å². The van der Waals surface area contributed by atoms with E-state index in [2.05, 4.69) is 60.1 Å². The summed E-state index contributed by atoms with van der Waals surface area (Å²) in [6, 6.07) is 20.4. The lowest BCUT2D eigenvalue weighted by Gasteiger charge is -2.19. The summed E-state index contributed by atoms with van der Waals surface area (Å²) in [5.74, 6) is 0.0172. The highest BCUT2D eigenvalue weighted by molar-refractivity contribution is 5.91. The van der Waals surface area contributed by atoms with E-state index in [1.54, 1.807) is 0 Å². The molecule has 0 fully saturated rings. The second-order valence-corrected chi connectivity index (χ2v) is 6.36. The van der Waals surface area contributed by atoms with Gasteiger partial charge in [-0.05, 0) is 48.7 Å². The van der Waals surface area contributed by atoms with Crippen molar-refractivity contribution in [2.75, 3.05) is 5.32 Å². The zero-order valence-corrected chi connectivity index (χ0v) is 14.8. The van der Waals surface area contributed by atoms with Crippen molar-refractivity contribution in [1.82, 2.24) is 4.57 Å². The average molecular weight is 332 g/mol. The van der Waals surface area contributed by atoms with Gasteiger partial charge < -0.3 is 9.88 Å². The largest absolute Gasteiger partial charge is 0.346 e. The van der Waals surface area contributed by atoms with Gasteiger partial charge in [0.1, 0.15) is 0 Å². The van der Waals surface area contributed by atoms with Crippen LogP contribution in [0.5, 0.6) is 0 Å². The van der Waals surface area contributed by atoms with Gasteiger partial charge in [-0.15, -0.1) is 0 Å². The Balaban J connectivity index is 1.75. The molecule has 3 aromatic rings. The molecule has 1 amide bonds. The van der Waals surface area contributed by atoms with Crippen LogP contribution in [0.15, 0.2) is 73.1 Å². The normalized spacial score (nSPS) is 11.9. The maximum absolute atomic E-state index is 12.6. The first-order chi connectivity index (χ1) is 12.2. The van der Waals surface area contributed by atoms with Crippen LogP contribution in [0, 0.1) is 6.92 Å². The highest BCUT2D eigenvalue weighted by Crippen LogP contribution is 2.23. The molecular weight excluding hydrogens is 308 g/mol. The lowest BCUT2D eigenvalue weighted by atomic mass is 10.0. The van der Waals surface area contributed by atoms with Gasteiger partial charge in [0.05, 0.1) is 12.5 Å². The molecule has 0 aliphatic rings. The van der Waals surface area contributed by atoms with Gasteiger partial charge in [0.25, 0.3) is 0 Å². The number of hydrogen-bond acceptors (Lipinski definition) is 1. The number of nitrogens with zero attached hydrogens (tertiary/aromatic N) is 1. The summed E-state index contributed by atoms with van der Waals surface area (Å²) in [5, 5.41) is 3.01. The Morgan fingerprint density at radius 2 is 1.64 bits per heavy atom. The molecule has 1 N–H and O–H groups in total. The van der Waals surface area contributed by atoms with Crippen LogP contribution in [0.2, 0.25) is 0 Å². The van der Waals surface area contributed by atoms with E-state index in [1.165, 1.54) is 11.1 Å². The molecule has 25 heavy (non-hydrogen) atoms. The summed E-state index contributed by atoms with van der Waals surface area (Å²) in [6.07, 6.45) is 5.41. The molecule has 0 saturated carbocycles. The maximum atomic E-state index is 12.6. The van der Waals surface area contributed by atoms with E-state index in [0.29, 0.717) is 6.42 Å². The topological polar surface area (TPSA) is 34.0 Å². The molecule has 0 aliphatic heterocycles. The smallest absolute Gasteiger partial charge is 0.226 e. The fourth-order valence-electron chi connectivity index (χ4n) is 2.95. The zero-order chi connectivity index (χ0) is 17.6. The van der Waals surface area contributed by atoms with Crippen LogP contribution in [0.25, 0.3) is 0 Å². The molecule has 0 radical (unpaired) electrons. The van der Waals surface area contributed by atoms with E-state index < -0.39 is 0 Å². The molecular formula is C22H24N2O. The summed E-state index contributed by atoms with van der Waals surface area (Å²) in [7, 11) is 0. The second kappa shape index (κ2) is 7.84. The molecule has 3 heteroatoms. The van der Waals surface area contributed by atoms with Gasteiger partial charge in [-0.2, -0.15) is 0 Å². The Kier molecular flexibility index (Phi) is 5.34. The predicted molar refractivity (Wildman–Crippen MR) is 103 cm³/mol. The van der Waals surface area contributed by atoms with Gasteiger partial charge in [0.2, 0.25) is 5.91 Å². The van der Waals surface area contributed by atoms with Crippen LogP contribution >= 0.6 is 0 Å². The van der Waals surface area contributed by atoms with E-state index in [0.717, 1.165) is 17.7 Å². The molecule has 3 rings (SSSR count). The second-order valence-electron chi connectivity index (χ2n) is 6.36. The summed E-state index contributed by atoms with van der Waals surface area (Å²) in [6.45, 7) is 4.19. The highest BCUT2D eigenvalue weighted by Gasteiger charge is 2.17. The summed E-state index contributed by atoms with van der Waals surface area (Å²) in [4.78, 5) is 12.6. The first-order valence-corrected chi connectivity index (χ1v) is 8.73. The van der Waals surface area contributed by atoms with Crippen LogP contribution < -0.4 is 5.32 Å². The number of rotatable bonds is 6. The molecule has 0 spiro atoms. The summed E-state index contributed by atoms with van der Waals surface area (Å²) in [5.41, 5.74) is 4.47. The Morgan fingerprint density at radius 3 is 2.24 bits per heavy atom. The molecule has 0 aliphatic carbocycles. The fraction of sp³-hybridized carbons (Fsp3) is 0.227. The van der Waals surface area contributed by atoms with Crippen molar-refractivity contribution in [3.63, 3.8) is 0 Å². The van der Waals surface area contributed by atoms with Gasteiger partial charge in [-0.3, -0.25) is 4.79 Å². The number of carbonyl (C=O) groups is 1. The molecule has 1 heterocycles. The van der Waals surface area contributed by atoms with Crippen LogP contribution in [0.4, 0.5) is 5.69 Å². The van der Waals surface area contributed by atoms with E-state index >= 15 is 0 Å². The Hall–Kier alpha value is -2.81. The Labute approximate surface area is 149 Å². The molecule has 0 saturated heterocycles. The first kappa shape index (κ1) is 17.0. The quantitative estimate of drug-likeness (QED) is 0.679. The summed E-state index contributed by atoms with van der Waals surface area (Å²) >= 11 is 0. The van der Waals surface area contributed by atoms with Crippen LogP contribution in [0.1, 0.15) is 36.1 Å². The highest BCUT2D eigenvalue weighted by atomic mass is 16.1. The van der Waals surface area contributed by atoms with Crippen LogP contribution in [0.3, 0.4) is 0 Å². The molecule has 128 valence electrons. The molecule has 2 aromatic carbocycles. The number of aromatic nitrogens is 1. The van der Waals surface area contributed by atoms with Gasteiger partial charge in [-0.1, -0.05) is 48.9 Å².